The third kappa shape index (κ3) is 8.29. The Hall–Kier alpha value is -2.92. The van der Waals surface area contributed by atoms with E-state index < -0.39 is 22.0 Å². The fourth-order valence-corrected chi connectivity index (χ4v) is 4.96. The van der Waals surface area contributed by atoms with Crippen molar-refractivity contribution in [1.82, 2.24) is 14.9 Å². The molecule has 2 aromatic carbocycles. The van der Waals surface area contributed by atoms with Crippen molar-refractivity contribution in [2.24, 2.45) is 0 Å². The number of aryl methyl sites for hydroxylation is 1. The minimum atomic E-state index is -1.51. The Bertz CT molecular complexity index is 1300. The number of hydrogen-bond donors (Lipinski definition) is 2. The number of amides is 1. The lowest BCUT2D eigenvalue weighted by Gasteiger charge is -2.17. The van der Waals surface area contributed by atoms with Crippen LogP contribution in [0.15, 0.2) is 53.5 Å². The molecule has 0 fully saturated rings. The molecule has 1 aromatic heterocycles. The van der Waals surface area contributed by atoms with E-state index in [1.807, 2.05) is 27.0 Å². The predicted octanol–water partition coefficient (Wildman–Crippen LogP) is 3.94. The molecule has 38 heavy (non-hydrogen) atoms. The van der Waals surface area contributed by atoms with Crippen LogP contribution < -0.4 is 11.0 Å². The molecular weight excluding hydrogens is 509 g/mol. The van der Waals surface area contributed by atoms with E-state index in [0.717, 1.165) is 18.5 Å². The smallest absolute Gasteiger partial charge is 0.259 e. The van der Waals surface area contributed by atoms with E-state index >= 15 is 0 Å². The van der Waals surface area contributed by atoms with Gasteiger partial charge < -0.3 is 14.2 Å². The van der Waals surface area contributed by atoms with E-state index in [-0.39, 0.29) is 24.3 Å². The van der Waals surface area contributed by atoms with Gasteiger partial charge in [0.05, 0.1) is 0 Å². The van der Waals surface area contributed by atoms with Crippen molar-refractivity contribution in [2.45, 2.75) is 45.0 Å². The number of fused-ring (bicyclic) bond motifs is 1. The number of benzene rings is 2. The average molecular weight is 548 g/mol. The number of halogens is 1. The maximum Gasteiger partial charge on any atom is 0.259 e. The van der Waals surface area contributed by atoms with Gasteiger partial charge in [0.25, 0.3) is 11.5 Å². The maximum absolute atomic E-state index is 15.0. The second kappa shape index (κ2) is 15.5. The summed E-state index contributed by atoms with van der Waals surface area (Å²) >= 11 is 0. The summed E-state index contributed by atoms with van der Waals surface area (Å²) in [5.74, 6) is -1.08. The molecule has 1 heterocycles. The highest BCUT2D eigenvalue weighted by Gasteiger charge is 2.22. The molecule has 0 bridgehead atoms. The highest BCUT2D eigenvalue weighted by molar-refractivity contribution is 7.85. The predicted molar refractivity (Wildman–Crippen MR) is 150 cm³/mol. The molecule has 3 aromatic rings. The van der Waals surface area contributed by atoms with E-state index in [4.69, 9.17) is 9.94 Å². The molecule has 0 aliphatic carbocycles. The zero-order valence-electron chi connectivity index (χ0n) is 22.7. The number of hydrogen-bond acceptors (Lipinski definition) is 6. The van der Waals surface area contributed by atoms with Gasteiger partial charge in [0.15, 0.2) is 0 Å². The van der Waals surface area contributed by atoms with Gasteiger partial charge >= 0.3 is 0 Å². The summed E-state index contributed by atoms with van der Waals surface area (Å²) in [6.45, 7) is 6.32. The Morgan fingerprint density at radius 2 is 1.95 bits per heavy atom. The van der Waals surface area contributed by atoms with Crippen molar-refractivity contribution < 1.29 is 23.3 Å². The summed E-state index contributed by atoms with van der Waals surface area (Å²) in [5, 5.41) is 9.03. The molecule has 0 saturated heterocycles. The normalized spacial score (nSPS) is 12.6. The van der Waals surface area contributed by atoms with E-state index in [9.17, 15) is 18.2 Å². The van der Waals surface area contributed by atoms with Crippen molar-refractivity contribution in [3.8, 4) is 11.1 Å². The summed E-state index contributed by atoms with van der Waals surface area (Å²) < 4.78 is 33.3. The van der Waals surface area contributed by atoms with Crippen molar-refractivity contribution in [1.29, 1.82) is 0 Å². The third-order valence-corrected chi connectivity index (χ3v) is 7.35. The molecule has 2 N–H and O–H groups in total. The highest BCUT2D eigenvalue weighted by Crippen LogP contribution is 2.27. The molecule has 208 valence electrons. The Labute approximate surface area is 225 Å². The molecule has 10 heteroatoms. The molecule has 0 spiro atoms. The lowest BCUT2D eigenvalue weighted by molar-refractivity contribution is -0.128. The molecule has 0 saturated carbocycles. The van der Waals surface area contributed by atoms with Gasteiger partial charge in [0.1, 0.15) is 11.1 Å². The Morgan fingerprint density at radius 1 is 1.21 bits per heavy atom. The number of hydroxylamine groups is 1. The zero-order chi connectivity index (χ0) is 28.2. The summed E-state index contributed by atoms with van der Waals surface area (Å²) in [5.41, 5.74) is 3.25. The van der Waals surface area contributed by atoms with Crippen LogP contribution in [0.1, 0.15) is 32.3 Å². The lowest BCUT2D eigenvalue weighted by Crippen LogP contribution is -2.36. The number of carbonyl (C=O) groups excluding carboxylic acids is 1. The van der Waals surface area contributed by atoms with E-state index in [2.05, 4.69) is 4.90 Å². The van der Waals surface area contributed by atoms with Gasteiger partial charge in [-0.15, -0.1) is 0 Å². The monoisotopic (exact) mass is 547 g/mol. The molecule has 3 rings (SSSR count). The third-order valence-electron chi connectivity index (χ3n) is 6.10. The molecule has 1 amide bonds. The number of carbonyl (C=O) groups is 1. The van der Waals surface area contributed by atoms with Gasteiger partial charge in [0.2, 0.25) is 0 Å². The maximum atomic E-state index is 15.0. The topological polar surface area (TPSA) is 101 Å². The van der Waals surface area contributed by atoms with Crippen molar-refractivity contribution in [3.63, 3.8) is 0 Å². The number of aromatic nitrogens is 1. The fourth-order valence-electron chi connectivity index (χ4n) is 4.17. The van der Waals surface area contributed by atoms with Crippen LogP contribution in [0, 0.1) is 5.82 Å². The van der Waals surface area contributed by atoms with Crippen LogP contribution in [0.4, 0.5) is 4.39 Å². The first-order valence-corrected chi connectivity index (χ1v) is 14.2. The van der Waals surface area contributed by atoms with Gasteiger partial charge in [-0.2, -0.15) is 0 Å². The highest BCUT2D eigenvalue weighted by atomic mass is 32.2. The van der Waals surface area contributed by atoms with Gasteiger partial charge in [-0.25, -0.2) is 9.87 Å². The van der Waals surface area contributed by atoms with Gasteiger partial charge in [0, 0.05) is 67.6 Å². The first-order chi connectivity index (χ1) is 18.2. The van der Waals surface area contributed by atoms with Crippen LogP contribution in [-0.2, 0) is 33.4 Å². The van der Waals surface area contributed by atoms with Crippen LogP contribution in [0.25, 0.3) is 21.9 Å². The standard InChI is InChI=1S/C26H32FN3O5S.C2H6/c1-29(11-4-14-35-2)17-18-5-7-21(23(27)15-18)19-6-8-22-20(16-19)9-12-30(26(22)32)13-10-24(36(3)34)25(31)28-33;1-2/h5-9,12,15-16,24,33H,4,10-11,13-14,17H2,1-3H3,(H,28,31);1-2H3. The lowest BCUT2D eigenvalue weighted by atomic mass is 10.00. The second-order valence-corrected chi connectivity index (χ2v) is 10.3. The molecule has 2 unspecified atom stereocenters. The summed E-state index contributed by atoms with van der Waals surface area (Å²) in [4.78, 5) is 26.8. The number of methoxy groups -OCH3 is 1. The number of ether oxygens (including phenoxy) is 1. The Morgan fingerprint density at radius 3 is 2.58 bits per heavy atom. The van der Waals surface area contributed by atoms with Gasteiger partial charge in [-0.05, 0) is 60.7 Å². The minimum absolute atomic E-state index is 0.123. The van der Waals surface area contributed by atoms with E-state index in [1.54, 1.807) is 49.7 Å². The fraction of sp³-hybridized carbons (Fsp3) is 0.429. The minimum Gasteiger partial charge on any atom is -0.385 e. The number of pyridine rings is 1. The quantitative estimate of drug-likeness (QED) is 0.202. The average Bonchev–Trinajstić information content (AvgIpc) is 2.90. The van der Waals surface area contributed by atoms with E-state index in [0.29, 0.717) is 35.1 Å². The van der Waals surface area contributed by atoms with Crippen LogP contribution in [0.2, 0.25) is 0 Å². The first-order valence-electron chi connectivity index (χ1n) is 12.6. The number of rotatable bonds is 12. The van der Waals surface area contributed by atoms with E-state index in [1.165, 1.54) is 16.3 Å². The van der Waals surface area contributed by atoms with Crippen molar-refractivity contribution >= 4 is 27.5 Å². The van der Waals surface area contributed by atoms with Gasteiger partial charge in [-0.3, -0.25) is 19.0 Å². The SMILES string of the molecule is CC.COCCCN(C)Cc1ccc(-c2ccc3c(=O)n(CCC(C(=O)NO)S(C)=O)ccc3c2)c(F)c1. The molecule has 8 nitrogen and oxygen atoms in total. The van der Waals surface area contributed by atoms with Crippen molar-refractivity contribution in [2.75, 3.05) is 33.6 Å². The first kappa shape index (κ1) is 31.3. The van der Waals surface area contributed by atoms with Gasteiger partial charge in [-0.1, -0.05) is 32.0 Å². The van der Waals surface area contributed by atoms with Crippen molar-refractivity contribution in [3.05, 3.63) is 70.4 Å². The number of nitrogens with one attached hydrogen (secondary N) is 1. The summed E-state index contributed by atoms with van der Waals surface area (Å²) in [6, 6.07) is 12.1. The van der Waals surface area contributed by atoms with Crippen LogP contribution in [-0.4, -0.2) is 63.6 Å². The molecular formula is C28H38FN3O5S. The zero-order valence-corrected chi connectivity index (χ0v) is 23.5. The second-order valence-electron chi connectivity index (χ2n) is 8.77. The molecule has 0 aliphatic heterocycles. The Kier molecular flexibility index (Phi) is 12.8. The van der Waals surface area contributed by atoms with Crippen LogP contribution in [0.5, 0.6) is 0 Å². The number of nitrogens with zero attached hydrogens (tertiary/aromatic N) is 2. The Balaban J connectivity index is 0.00000247. The summed E-state index contributed by atoms with van der Waals surface area (Å²) in [7, 11) is 2.15. The molecule has 2 atom stereocenters. The van der Waals surface area contributed by atoms with Crippen LogP contribution >= 0.6 is 0 Å². The summed E-state index contributed by atoms with van der Waals surface area (Å²) in [6.07, 6.45) is 4.00. The largest absolute Gasteiger partial charge is 0.385 e. The molecule has 0 radical (unpaired) electrons. The van der Waals surface area contributed by atoms with Crippen LogP contribution in [0.3, 0.4) is 0 Å². The molecule has 0 aliphatic rings.